The lowest BCUT2D eigenvalue weighted by atomic mass is 10.2. The Bertz CT molecular complexity index is 254. The summed E-state index contributed by atoms with van der Waals surface area (Å²) in [5, 5.41) is 6.47. The second kappa shape index (κ2) is 6.33. The van der Waals surface area contributed by atoms with Crippen LogP contribution in [0.15, 0.2) is 0 Å². The summed E-state index contributed by atoms with van der Waals surface area (Å²) in [6, 6.07) is 0.792. The van der Waals surface area contributed by atoms with E-state index in [-0.39, 0.29) is 5.91 Å². The summed E-state index contributed by atoms with van der Waals surface area (Å²) < 4.78 is 5.32. The van der Waals surface area contributed by atoms with Gasteiger partial charge in [0, 0.05) is 44.7 Å². The Morgan fingerprint density at radius 3 is 2.94 bits per heavy atom. The van der Waals surface area contributed by atoms with Crippen molar-refractivity contribution >= 4 is 5.91 Å². The largest absolute Gasteiger partial charge is 0.379 e. The Kier molecular flexibility index (Phi) is 4.76. The number of morpholine rings is 1. The van der Waals surface area contributed by atoms with Gasteiger partial charge in [-0.15, -0.1) is 0 Å². The lowest BCUT2D eigenvalue weighted by molar-refractivity contribution is -0.119. The van der Waals surface area contributed by atoms with E-state index in [4.69, 9.17) is 4.74 Å². The van der Waals surface area contributed by atoms with Crippen LogP contribution in [0, 0.1) is 0 Å². The van der Waals surface area contributed by atoms with Gasteiger partial charge in [-0.1, -0.05) is 0 Å². The van der Waals surface area contributed by atoms with Crippen LogP contribution in [0.25, 0.3) is 0 Å². The first-order chi connectivity index (χ1) is 8.24. The minimum Gasteiger partial charge on any atom is -0.379 e. The molecule has 5 nitrogen and oxygen atoms in total. The van der Waals surface area contributed by atoms with Gasteiger partial charge in [-0.3, -0.25) is 9.69 Å². The first-order valence-corrected chi connectivity index (χ1v) is 6.57. The molecule has 0 aromatic heterocycles. The first-order valence-electron chi connectivity index (χ1n) is 6.57. The molecule has 2 heterocycles. The van der Waals surface area contributed by atoms with Crippen molar-refractivity contribution in [2.75, 3.05) is 39.4 Å². The Hall–Kier alpha value is -0.650. The zero-order chi connectivity index (χ0) is 12.1. The zero-order valence-corrected chi connectivity index (χ0v) is 10.6. The maximum absolute atomic E-state index is 11.1. The van der Waals surface area contributed by atoms with Crippen molar-refractivity contribution < 1.29 is 9.53 Å². The van der Waals surface area contributed by atoms with Crippen LogP contribution in [0.4, 0.5) is 0 Å². The van der Waals surface area contributed by atoms with Crippen LogP contribution in [0.2, 0.25) is 0 Å². The summed E-state index contributed by atoms with van der Waals surface area (Å²) >= 11 is 0. The molecule has 17 heavy (non-hydrogen) atoms. The summed E-state index contributed by atoms with van der Waals surface area (Å²) in [6.45, 7) is 7.92. The van der Waals surface area contributed by atoms with Crippen molar-refractivity contribution in [1.82, 2.24) is 15.5 Å². The average molecular weight is 241 g/mol. The monoisotopic (exact) mass is 241 g/mol. The van der Waals surface area contributed by atoms with Gasteiger partial charge in [0.15, 0.2) is 0 Å². The molecule has 2 fully saturated rings. The van der Waals surface area contributed by atoms with Gasteiger partial charge in [0.2, 0.25) is 5.91 Å². The van der Waals surface area contributed by atoms with E-state index in [1.165, 1.54) is 0 Å². The Morgan fingerprint density at radius 2 is 2.29 bits per heavy atom. The van der Waals surface area contributed by atoms with Crippen molar-refractivity contribution in [3.05, 3.63) is 0 Å². The van der Waals surface area contributed by atoms with E-state index in [9.17, 15) is 4.79 Å². The number of carbonyl (C=O) groups is 1. The molecular formula is C12H23N3O2. The zero-order valence-electron chi connectivity index (χ0n) is 10.6. The third kappa shape index (κ3) is 4.26. The van der Waals surface area contributed by atoms with Crippen molar-refractivity contribution in [1.29, 1.82) is 0 Å². The smallest absolute Gasteiger partial charge is 0.220 e. The van der Waals surface area contributed by atoms with Crippen LogP contribution in [-0.2, 0) is 9.53 Å². The summed E-state index contributed by atoms with van der Waals surface area (Å²) in [6.07, 6.45) is 1.65. The molecule has 0 bridgehead atoms. The lowest BCUT2D eigenvalue weighted by Crippen LogP contribution is -2.47. The molecule has 2 N–H and O–H groups in total. The van der Waals surface area contributed by atoms with Gasteiger partial charge >= 0.3 is 0 Å². The third-order valence-corrected chi connectivity index (χ3v) is 3.43. The highest BCUT2D eigenvalue weighted by atomic mass is 16.5. The minimum atomic E-state index is 0.192. The fourth-order valence-corrected chi connectivity index (χ4v) is 2.41. The van der Waals surface area contributed by atoms with Crippen LogP contribution in [0.3, 0.4) is 0 Å². The summed E-state index contributed by atoms with van der Waals surface area (Å²) in [4.78, 5) is 13.5. The van der Waals surface area contributed by atoms with Gasteiger partial charge in [0.25, 0.3) is 0 Å². The minimum absolute atomic E-state index is 0.192. The Labute approximate surface area is 103 Å². The van der Waals surface area contributed by atoms with E-state index in [0.29, 0.717) is 18.5 Å². The highest BCUT2D eigenvalue weighted by molar-refractivity contribution is 5.78. The molecule has 2 saturated heterocycles. The number of carbonyl (C=O) groups excluding carboxylic acids is 1. The lowest BCUT2D eigenvalue weighted by Gasteiger charge is -2.29. The van der Waals surface area contributed by atoms with E-state index in [0.717, 1.165) is 45.8 Å². The molecule has 0 radical (unpaired) electrons. The number of ether oxygens (including phenoxy) is 1. The van der Waals surface area contributed by atoms with Gasteiger partial charge in [-0.25, -0.2) is 0 Å². The number of amides is 1. The molecule has 2 atom stereocenters. The van der Waals surface area contributed by atoms with Crippen molar-refractivity contribution in [3.63, 3.8) is 0 Å². The second-order valence-electron chi connectivity index (χ2n) is 5.03. The first kappa shape index (κ1) is 12.8. The van der Waals surface area contributed by atoms with E-state index >= 15 is 0 Å². The summed E-state index contributed by atoms with van der Waals surface area (Å²) in [5.41, 5.74) is 0. The quantitative estimate of drug-likeness (QED) is 0.686. The maximum Gasteiger partial charge on any atom is 0.220 e. The molecule has 2 rings (SSSR count). The van der Waals surface area contributed by atoms with Crippen LogP contribution < -0.4 is 10.6 Å². The molecule has 0 aliphatic carbocycles. The molecule has 98 valence electrons. The normalized spacial score (nSPS) is 28.1. The second-order valence-corrected chi connectivity index (χ2v) is 5.03. The number of nitrogens with zero attached hydrogens (tertiary/aromatic N) is 1. The van der Waals surface area contributed by atoms with Gasteiger partial charge in [-0.05, 0) is 13.3 Å². The standard InChI is InChI=1S/C12H23N3O2/c1-10(9-15-4-6-17-7-5-15)13-8-11-2-3-12(16)14-11/h10-11,13H,2-9H2,1H3,(H,14,16). The van der Waals surface area contributed by atoms with Gasteiger partial charge in [0.05, 0.1) is 13.2 Å². The van der Waals surface area contributed by atoms with Crippen molar-refractivity contribution in [3.8, 4) is 0 Å². The molecule has 0 aromatic carbocycles. The van der Waals surface area contributed by atoms with Crippen molar-refractivity contribution in [2.45, 2.75) is 31.8 Å². The van der Waals surface area contributed by atoms with Gasteiger partial charge < -0.3 is 15.4 Å². The molecule has 2 unspecified atom stereocenters. The molecule has 2 aliphatic rings. The maximum atomic E-state index is 11.1. The fraction of sp³-hybridized carbons (Fsp3) is 0.917. The number of hydrogen-bond donors (Lipinski definition) is 2. The topological polar surface area (TPSA) is 53.6 Å². The molecule has 1 amide bonds. The highest BCUT2D eigenvalue weighted by Gasteiger charge is 2.21. The van der Waals surface area contributed by atoms with Gasteiger partial charge in [-0.2, -0.15) is 0 Å². The molecule has 2 aliphatic heterocycles. The molecular weight excluding hydrogens is 218 g/mol. The molecule has 0 spiro atoms. The van der Waals surface area contributed by atoms with Crippen LogP contribution in [0.1, 0.15) is 19.8 Å². The Morgan fingerprint density at radius 1 is 1.53 bits per heavy atom. The predicted molar refractivity (Wildman–Crippen MR) is 65.9 cm³/mol. The summed E-state index contributed by atoms with van der Waals surface area (Å²) in [7, 11) is 0. The van der Waals surface area contributed by atoms with E-state index in [1.54, 1.807) is 0 Å². The predicted octanol–water partition coefficient (Wildman–Crippen LogP) is -0.425. The van der Waals surface area contributed by atoms with Crippen molar-refractivity contribution in [2.24, 2.45) is 0 Å². The van der Waals surface area contributed by atoms with E-state index < -0.39 is 0 Å². The van der Waals surface area contributed by atoms with E-state index in [1.807, 2.05) is 0 Å². The van der Waals surface area contributed by atoms with Crippen LogP contribution in [0.5, 0.6) is 0 Å². The summed E-state index contributed by atoms with van der Waals surface area (Å²) in [5.74, 6) is 0.192. The van der Waals surface area contributed by atoms with Gasteiger partial charge in [0.1, 0.15) is 0 Å². The van der Waals surface area contributed by atoms with Crippen LogP contribution >= 0.6 is 0 Å². The SMILES string of the molecule is CC(CN1CCOCC1)NCC1CCC(=O)N1. The highest BCUT2D eigenvalue weighted by Crippen LogP contribution is 2.05. The molecule has 5 heteroatoms. The van der Waals surface area contributed by atoms with E-state index in [2.05, 4.69) is 22.5 Å². The number of hydrogen-bond acceptors (Lipinski definition) is 4. The Balaban J connectivity index is 1.60. The average Bonchev–Trinajstić information content (AvgIpc) is 2.74. The number of rotatable bonds is 5. The molecule has 0 aromatic rings. The number of nitrogens with one attached hydrogen (secondary N) is 2. The fourth-order valence-electron chi connectivity index (χ4n) is 2.41. The third-order valence-electron chi connectivity index (χ3n) is 3.43. The molecule has 0 saturated carbocycles. The van der Waals surface area contributed by atoms with Crippen LogP contribution in [-0.4, -0.2) is 62.3 Å².